The molecule has 1 aromatic rings. The molecule has 1 aromatic carbocycles. The third kappa shape index (κ3) is 5.52. The highest BCUT2D eigenvalue weighted by Gasteiger charge is 2.37. The van der Waals surface area contributed by atoms with Gasteiger partial charge >= 0.3 is 6.18 Å². The number of alkyl halides is 3. The van der Waals surface area contributed by atoms with E-state index in [1.54, 1.807) is 12.1 Å². The van der Waals surface area contributed by atoms with Crippen LogP contribution in [-0.2, 0) is 6.18 Å². The molecule has 1 N–H and O–H groups in total. The molecule has 0 spiro atoms. The van der Waals surface area contributed by atoms with Gasteiger partial charge in [-0.2, -0.15) is 13.2 Å². The molecule has 1 aliphatic heterocycles. The van der Waals surface area contributed by atoms with Crippen LogP contribution in [0.4, 0.5) is 13.2 Å². The summed E-state index contributed by atoms with van der Waals surface area (Å²) >= 11 is 0. The van der Waals surface area contributed by atoms with Gasteiger partial charge < -0.3 is 5.32 Å². The van der Waals surface area contributed by atoms with Crippen molar-refractivity contribution < 1.29 is 13.2 Å². The highest BCUT2D eigenvalue weighted by Crippen LogP contribution is 2.39. The molecule has 0 bridgehead atoms. The smallest absolute Gasteiger partial charge is 0.314 e. The zero-order valence-electron chi connectivity index (χ0n) is 13.4. The van der Waals surface area contributed by atoms with Gasteiger partial charge in [0.05, 0.1) is 5.56 Å². The molecule has 0 amide bonds. The molecular weight excluding hydrogens is 348 g/mol. The SMILES string of the molecule is CCC(C)[C@@H](c1ccccc1C(F)(F)F)N1CCNCC1.Cl.Cl. The predicted molar refractivity (Wildman–Crippen MR) is 92.6 cm³/mol. The molecule has 1 heterocycles. The Hall–Kier alpha value is -0.490. The van der Waals surface area contributed by atoms with Crippen LogP contribution in [0.2, 0.25) is 0 Å². The molecule has 1 saturated heterocycles. The summed E-state index contributed by atoms with van der Waals surface area (Å²) in [5.41, 5.74) is -0.0740. The van der Waals surface area contributed by atoms with Crippen molar-refractivity contribution >= 4 is 24.8 Å². The number of halogens is 5. The summed E-state index contributed by atoms with van der Waals surface area (Å²) in [5.74, 6) is 0.187. The van der Waals surface area contributed by atoms with E-state index in [-0.39, 0.29) is 36.8 Å². The molecule has 1 aliphatic rings. The van der Waals surface area contributed by atoms with Gasteiger partial charge in [-0.25, -0.2) is 0 Å². The zero-order valence-corrected chi connectivity index (χ0v) is 15.0. The van der Waals surface area contributed by atoms with Gasteiger partial charge in [0.25, 0.3) is 0 Å². The molecule has 0 aromatic heterocycles. The Morgan fingerprint density at radius 1 is 1.13 bits per heavy atom. The topological polar surface area (TPSA) is 15.3 Å². The van der Waals surface area contributed by atoms with E-state index in [1.807, 2.05) is 13.8 Å². The number of nitrogens with one attached hydrogen (secondary N) is 1. The van der Waals surface area contributed by atoms with Crippen LogP contribution in [0, 0.1) is 5.92 Å². The molecule has 2 nitrogen and oxygen atoms in total. The van der Waals surface area contributed by atoms with Crippen LogP contribution in [0.15, 0.2) is 24.3 Å². The van der Waals surface area contributed by atoms with Crippen molar-refractivity contribution in [3.05, 3.63) is 35.4 Å². The van der Waals surface area contributed by atoms with Crippen molar-refractivity contribution in [2.45, 2.75) is 32.5 Å². The van der Waals surface area contributed by atoms with Gasteiger partial charge in [-0.15, -0.1) is 24.8 Å². The lowest BCUT2D eigenvalue weighted by atomic mass is 9.87. The van der Waals surface area contributed by atoms with E-state index < -0.39 is 11.7 Å². The summed E-state index contributed by atoms with van der Waals surface area (Å²) in [6.45, 7) is 7.33. The van der Waals surface area contributed by atoms with Gasteiger partial charge in [0.2, 0.25) is 0 Å². The molecule has 23 heavy (non-hydrogen) atoms. The monoisotopic (exact) mass is 372 g/mol. The average molecular weight is 373 g/mol. The standard InChI is InChI=1S/C16H23F3N2.2ClH/c1-3-12(2)15(21-10-8-20-9-11-21)13-6-4-5-7-14(13)16(17,18)19;;/h4-7,12,15,20H,3,8-11H2,1-2H3;2*1H/t12?,15-;;/m0../s1. The second kappa shape index (κ2) is 9.72. The molecule has 7 heteroatoms. The number of piperazine rings is 1. The largest absolute Gasteiger partial charge is 0.416 e. The van der Waals surface area contributed by atoms with Crippen LogP contribution in [0.1, 0.15) is 37.4 Å². The molecular formula is C16H25Cl2F3N2. The molecule has 134 valence electrons. The normalized spacial score (nSPS) is 18.5. The minimum absolute atomic E-state index is 0. The van der Waals surface area contributed by atoms with E-state index in [4.69, 9.17) is 0 Å². The maximum Gasteiger partial charge on any atom is 0.416 e. The van der Waals surface area contributed by atoms with Gasteiger partial charge in [0.15, 0.2) is 0 Å². The first-order valence-corrected chi connectivity index (χ1v) is 7.56. The maximum atomic E-state index is 13.3. The third-order valence-corrected chi connectivity index (χ3v) is 4.31. The minimum atomic E-state index is -4.30. The van der Waals surface area contributed by atoms with Gasteiger partial charge in [-0.05, 0) is 17.5 Å². The average Bonchev–Trinajstić information content (AvgIpc) is 2.48. The first kappa shape index (κ1) is 22.5. The number of hydrogen-bond donors (Lipinski definition) is 1. The minimum Gasteiger partial charge on any atom is -0.314 e. The summed E-state index contributed by atoms with van der Waals surface area (Å²) in [7, 11) is 0. The first-order valence-electron chi connectivity index (χ1n) is 7.56. The Labute approximate surface area is 148 Å². The van der Waals surface area contributed by atoms with Gasteiger partial charge in [0, 0.05) is 32.2 Å². The van der Waals surface area contributed by atoms with Crippen LogP contribution in [0.5, 0.6) is 0 Å². The molecule has 2 rings (SSSR count). The van der Waals surface area contributed by atoms with Crippen LogP contribution in [-0.4, -0.2) is 31.1 Å². The Morgan fingerprint density at radius 2 is 1.70 bits per heavy atom. The number of benzene rings is 1. The molecule has 2 atom stereocenters. The number of hydrogen-bond acceptors (Lipinski definition) is 2. The summed E-state index contributed by atoms with van der Waals surface area (Å²) in [4.78, 5) is 2.19. The summed E-state index contributed by atoms with van der Waals surface area (Å²) in [6, 6.07) is 5.85. The number of nitrogens with zero attached hydrogens (tertiary/aromatic N) is 1. The van der Waals surface area contributed by atoms with Crippen molar-refractivity contribution in [2.24, 2.45) is 5.92 Å². The van der Waals surface area contributed by atoms with Crippen molar-refractivity contribution in [2.75, 3.05) is 26.2 Å². The Bertz CT molecular complexity index is 463. The lowest BCUT2D eigenvalue weighted by Gasteiger charge is -2.39. The highest BCUT2D eigenvalue weighted by molar-refractivity contribution is 5.85. The van der Waals surface area contributed by atoms with E-state index in [0.29, 0.717) is 5.56 Å². The molecule has 1 unspecified atom stereocenters. The van der Waals surface area contributed by atoms with Gasteiger partial charge in [0.1, 0.15) is 0 Å². The summed E-state index contributed by atoms with van der Waals surface area (Å²) in [6.07, 6.45) is -3.43. The highest BCUT2D eigenvalue weighted by atomic mass is 35.5. The molecule has 0 aliphatic carbocycles. The fraction of sp³-hybridized carbons (Fsp3) is 0.625. The second-order valence-corrected chi connectivity index (χ2v) is 5.70. The third-order valence-electron chi connectivity index (χ3n) is 4.31. The quantitative estimate of drug-likeness (QED) is 0.834. The Balaban J connectivity index is 0.00000242. The van der Waals surface area contributed by atoms with Gasteiger partial charge in [-0.3, -0.25) is 4.90 Å². The van der Waals surface area contributed by atoms with Crippen LogP contribution < -0.4 is 5.32 Å². The van der Waals surface area contributed by atoms with Gasteiger partial charge in [-0.1, -0.05) is 38.5 Å². The molecule has 0 radical (unpaired) electrons. The van der Waals surface area contributed by atoms with E-state index in [2.05, 4.69) is 10.2 Å². The van der Waals surface area contributed by atoms with Crippen LogP contribution >= 0.6 is 24.8 Å². The van der Waals surface area contributed by atoms with E-state index in [1.165, 1.54) is 12.1 Å². The van der Waals surface area contributed by atoms with Crippen molar-refractivity contribution in [1.29, 1.82) is 0 Å². The lowest BCUT2D eigenvalue weighted by Crippen LogP contribution is -2.47. The maximum absolute atomic E-state index is 13.3. The summed E-state index contributed by atoms with van der Waals surface area (Å²) in [5, 5.41) is 3.26. The van der Waals surface area contributed by atoms with Crippen LogP contribution in [0.25, 0.3) is 0 Å². The lowest BCUT2D eigenvalue weighted by molar-refractivity contribution is -0.139. The number of rotatable bonds is 4. The zero-order chi connectivity index (χ0) is 15.5. The van der Waals surface area contributed by atoms with Crippen molar-refractivity contribution in [1.82, 2.24) is 10.2 Å². The fourth-order valence-electron chi connectivity index (χ4n) is 3.06. The van der Waals surface area contributed by atoms with Crippen molar-refractivity contribution in [3.8, 4) is 0 Å². The molecule has 1 fully saturated rings. The van der Waals surface area contributed by atoms with E-state index in [9.17, 15) is 13.2 Å². The summed E-state index contributed by atoms with van der Waals surface area (Å²) < 4.78 is 39.9. The van der Waals surface area contributed by atoms with E-state index in [0.717, 1.165) is 32.6 Å². The predicted octanol–water partition coefficient (Wildman–Crippen LogP) is 4.54. The fourth-order valence-corrected chi connectivity index (χ4v) is 3.06. The van der Waals surface area contributed by atoms with Crippen LogP contribution in [0.3, 0.4) is 0 Å². The Kier molecular flexibility index (Phi) is 9.51. The first-order chi connectivity index (χ1) is 9.95. The second-order valence-electron chi connectivity index (χ2n) is 5.70. The van der Waals surface area contributed by atoms with E-state index >= 15 is 0 Å². The Morgan fingerprint density at radius 3 is 2.22 bits per heavy atom. The molecule has 0 saturated carbocycles. The van der Waals surface area contributed by atoms with Crippen molar-refractivity contribution in [3.63, 3.8) is 0 Å².